The zero-order chi connectivity index (χ0) is 29.0. The Morgan fingerprint density at radius 3 is 2.69 bits per heavy atom. The van der Waals surface area contributed by atoms with Crippen LogP contribution in [-0.2, 0) is 30.6 Å². The average molecular weight is 574 g/mol. The van der Waals surface area contributed by atoms with Crippen LogP contribution >= 0.6 is 0 Å². The van der Waals surface area contributed by atoms with Gasteiger partial charge in [0.15, 0.2) is 5.78 Å². The number of ketones is 1. The van der Waals surface area contributed by atoms with Gasteiger partial charge in [-0.25, -0.2) is 27.5 Å². The molecule has 1 fully saturated rings. The zero-order valence-electron chi connectivity index (χ0n) is 22.6. The van der Waals surface area contributed by atoms with Crippen LogP contribution < -0.4 is 0 Å². The maximum atomic E-state index is 14.2. The van der Waals surface area contributed by atoms with Crippen LogP contribution in [0.5, 0.6) is 0 Å². The van der Waals surface area contributed by atoms with Crippen LogP contribution in [0, 0.1) is 17.6 Å². The lowest BCUT2D eigenvalue weighted by molar-refractivity contribution is -0.120. The van der Waals surface area contributed by atoms with E-state index in [1.54, 1.807) is 12.4 Å². The van der Waals surface area contributed by atoms with Crippen molar-refractivity contribution in [1.29, 1.82) is 0 Å². The number of halogens is 4. The Labute approximate surface area is 239 Å². The Morgan fingerprint density at radius 1 is 1.05 bits per heavy atom. The number of allylic oxidation sites excluding steroid dienone is 1. The molecule has 0 bridgehead atoms. The smallest absolute Gasteiger partial charge is 0.282 e. The molecule has 1 aromatic carbocycles. The maximum Gasteiger partial charge on any atom is 0.282 e. The van der Waals surface area contributed by atoms with Crippen LogP contribution in [0.25, 0.3) is 17.2 Å². The number of benzene rings is 1. The zero-order valence-corrected chi connectivity index (χ0v) is 22.6. The van der Waals surface area contributed by atoms with E-state index in [1.165, 1.54) is 23.1 Å². The second kappa shape index (κ2) is 10.6. The minimum atomic E-state index is -2.71. The lowest BCUT2D eigenvalue weighted by Crippen LogP contribution is -2.19. The largest absolute Gasteiger partial charge is 0.298 e. The predicted molar refractivity (Wildman–Crippen MR) is 147 cm³/mol. The second-order valence-electron chi connectivity index (χ2n) is 11.5. The minimum Gasteiger partial charge on any atom is -0.298 e. The number of aromatic nitrogens is 5. The van der Waals surface area contributed by atoms with E-state index in [9.17, 15) is 22.4 Å². The first-order chi connectivity index (χ1) is 20.3. The summed E-state index contributed by atoms with van der Waals surface area (Å²) in [5, 5.41) is 4.20. The van der Waals surface area contributed by atoms with E-state index in [4.69, 9.17) is 0 Å². The summed E-state index contributed by atoms with van der Waals surface area (Å²) in [6.07, 6.45) is 9.29. The Hall–Kier alpha value is -4.21. The van der Waals surface area contributed by atoms with Crippen molar-refractivity contribution in [3.63, 3.8) is 0 Å². The second-order valence-corrected chi connectivity index (χ2v) is 11.5. The normalized spacial score (nSPS) is 19.0. The van der Waals surface area contributed by atoms with Gasteiger partial charge in [-0.2, -0.15) is 5.10 Å². The molecule has 10 heteroatoms. The van der Waals surface area contributed by atoms with Crippen molar-refractivity contribution in [2.75, 3.05) is 0 Å². The van der Waals surface area contributed by atoms with Crippen LogP contribution in [-0.4, -0.2) is 30.5 Å². The molecule has 3 atom stereocenters. The Bertz CT molecular complexity index is 1710. The fourth-order valence-corrected chi connectivity index (χ4v) is 6.67. The standard InChI is InChI=1S/C32H27F4N5O/c33-22-7-17(8-23(34)12-22)6-20(29-27(14-37-16-39-29)21-9-19-2-1-3-28(19)38-13-21)10-24(42)15-41-31-25(30(40-41)32(35)36)5-4-18-11-26(18)31/h1-2,7-9,12-14,16,18,20,26,32H,3-6,10-11,15H2/t18-,20+,26+/m0/s1. The van der Waals surface area contributed by atoms with Crippen molar-refractivity contribution < 1.29 is 22.4 Å². The van der Waals surface area contributed by atoms with E-state index in [-0.39, 0.29) is 36.8 Å². The first-order valence-corrected chi connectivity index (χ1v) is 14.1. The summed E-state index contributed by atoms with van der Waals surface area (Å²) < 4.78 is 57.4. The number of hydrogen-bond acceptors (Lipinski definition) is 5. The summed E-state index contributed by atoms with van der Waals surface area (Å²) in [4.78, 5) is 27.0. The van der Waals surface area contributed by atoms with E-state index < -0.39 is 24.0 Å². The fraction of sp³-hybridized carbons (Fsp3) is 0.344. The quantitative estimate of drug-likeness (QED) is 0.212. The molecule has 0 radical (unpaired) electrons. The third-order valence-electron chi connectivity index (χ3n) is 8.63. The Morgan fingerprint density at radius 2 is 1.88 bits per heavy atom. The summed E-state index contributed by atoms with van der Waals surface area (Å²) in [6.45, 7) is -0.155. The van der Waals surface area contributed by atoms with E-state index in [0.29, 0.717) is 34.7 Å². The van der Waals surface area contributed by atoms with Gasteiger partial charge in [-0.05, 0) is 60.9 Å². The number of pyridine rings is 1. The predicted octanol–water partition coefficient (Wildman–Crippen LogP) is 6.56. The number of fused-ring (bicyclic) bond motifs is 4. The summed E-state index contributed by atoms with van der Waals surface area (Å²) >= 11 is 0. The number of alkyl halides is 2. The summed E-state index contributed by atoms with van der Waals surface area (Å²) in [5.74, 6) is -1.60. The van der Waals surface area contributed by atoms with Crippen LogP contribution in [0.2, 0.25) is 0 Å². The molecule has 0 unspecified atom stereocenters. The Balaban J connectivity index is 1.23. The van der Waals surface area contributed by atoms with E-state index in [1.807, 2.05) is 18.2 Å². The molecule has 3 aliphatic carbocycles. The summed E-state index contributed by atoms with van der Waals surface area (Å²) in [6, 6.07) is 5.28. The molecule has 6 nitrogen and oxygen atoms in total. The van der Waals surface area contributed by atoms with Crippen LogP contribution in [0.1, 0.15) is 77.0 Å². The van der Waals surface area contributed by atoms with Crippen molar-refractivity contribution >= 4 is 11.9 Å². The van der Waals surface area contributed by atoms with Crippen molar-refractivity contribution in [2.45, 2.75) is 63.3 Å². The average Bonchev–Trinajstić information content (AvgIpc) is 3.43. The molecule has 1 saturated carbocycles. The van der Waals surface area contributed by atoms with Gasteiger partial charge in [-0.3, -0.25) is 14.5 Å². The molecule has 0 spiro atoms. The van der Waals surface area contributed by atoms with E-state index in [0.717, 1.165) is 47.8 Å². The molecule has 7 rings (SSSR count). The maximum absolute atomic E-state index is 14.2. The van der Waals surface area contributed by atoms with Gasteiger partial charge in [0.2, 0.25) is 0 Å². The van der Waals surface area contributed by atoms with Gasteiger partial charge < -0.3 is 0 Å². The number of rotatable bonds is 9. The molecule has 0 saturated heterocycles. The molecule has 3 aliphatic rings. The highest BCUT2D eigenvalue weighted by molar-refractivity contribution is 5.80. The van der Waals surface area contributed by atoms with Crippen molar-refractivity contribution in [3.05, 3.63) is 100 Å². The molecule has 0 amide bonds. The molecule has 42 heavy (non-hydrogen) atoms. The molecule has 0 N–H and O–H groups in total. The summed E-state index contributed by atoms with van der Waals surface area (Å²) in [7, 11) is 0. The van der Waals surface area contributed by atoms with Crippen molar-refractivity contribution in [1.82, 2.24) is 24.7 Å². The highest BCUT2D eigenvalue weighted by Gasteiger charge is 2.46. The molecule has 4 aromatic rings. The first-order valence-electron chi connectivity index (χ1n) is 14.1. The van der Waals surface area contributed by atoms with Gasteiger partial charge in [0.25, 0.3) is 6.43 Å². The third kappa shape index (κ3) is 5.03. The number of nitrogens with zero attached hydrogens (tertiary/aromatic N) is 5. The molecular formula is C32H27F4N5O. The van der Waals surface area contributed by atoms with Gasteiger partial charge in [0, 0.05) is 65.5 Å². The Kier molecular flexibility index (Phi) is 6.71. The van der Waals surface area contributed by atoms with Gasteiger partial charge in [0.1, 0.15) is 23.7 Å². The lowest BCUT2D eigenvalue weighted by Gasteiger charge is -2.20. The van der Waals surface area contributed by atoms with E-state index in [2.05, 4.69) is 20.1 Å². The SMILES string of the molecule is O=C(C[C@@H](Cc1cc(F)cc(F)c1)c1ncncc1-c1cnc2c(c1)C=CC2)Cn1nc(C(F)F)c2c1[C@@H]1C[C@@H]1CC2. The van der Waals surface area contributed by atoms with Gasteiger partial charge in [0.05, 0.1) is 17.9 Å². The lowest BCUT2D eigenvalue weighted by atomic mass is 9.87. The number of hydrogen-bond donors (Lipinski definition) is 0. The molecule has 3 aromatic heterocycles. The monoisotopic (exact) mass is 573 g/mol. The van der Waals surface area contributed by atoms with Gasteiger partial charge >= 0.3 is 0 Å². The molecule has 0 aliphatic heterocycles. The first kappa shape index (κ1) is 26.7. The van der Waals surface area contributed by atoms with Crippen LogP contribution in [0.4, 0.5) is 17.6 Å². The minimum absolute atomic E-state index is 0.0346. The summed E-state index contributed by atoms with van der Waals surface area (Å²) in [5.41, 5.74) is 5.42. The van der Waals surface area contributed by atoms with E-state index >= 15 is 0 Å². The van der Waals surface area contributed by atoms with Crippen molar-refractivity contribution in [2.24, 2.45) is 5.92 Å². The number of carbonyl (C=O) groups is 1. The van der Waals surface area contributed by atoms with Crippen LogP contribution in [0.15, 0.2) is 49.1 Å². The third-order valence-corrected chi connectivity index (χ3v) is 8.63. The molecular weight excluding hydrogens is 546 g/mol. The number of Topliss-reactive ketones (excluding diaryl/α,β-unsaturated/α-hetero) is 1. The number of carbonyl (C=O) groups excluding carboxylic acids is 1. The van der Waals surface area contributed by atoms with Gasteiger partial charge in [-0.15, -0.1) is 0 Å². The van der Waals surface area contributed by atoms with Crippen LogP contribution in [0.3, 0.4) is 0 Å². The molecule has 214 valence electrons. The molecule has 3 heterocycles. The van der Waals surface area contributed by atoms with Gasteiger partial charge in [-0.1, -0.05) is 12.2 Å². The highest BCUT2D eigenvalue weighted by Crippen LogP contribution is 2.55. The van der Waals surface area contributed by atoms with Crippen molar-refractivity contribution in [3.8, 4) is 11.1 Å². The topological polar surface area (TPSA) is 73.6 Å². The highest BCUT2D eigenvalue weighted by atomic mass is 19.3. The fourth-order valence-electron chi connectivity index (χ4n) is 6.67.